The molecule has 3 rings (SSSR count). The summed E-state index contributed by atoms with van der Waals surface area (Å²) in [4.78, 5) is 27.2. The number of benzene rings is 1. The van der Waals surface area contributed by atoms with Gasteiger partial charge in [0.05, 0.1) is 10.0 Å². The topological polar surface area (TPSA) is 61.4 Å². The maximum absolute atomic E-state index is 12.8. The Morgan fingerprint density at radius 2 is 1.96 bits per heavy atom. The molecule has 0 radical (unpaired) electrons. The highest BCUT2D eigenvalue weighted by atomic mass is 35.5. The van der Waals surface area contributed by atoms with E-state index in [-0.39, 0.29) is 29.6 Å². The van der Waals surface area contributed by atoms with E-state index in [1.54, 1.807) is 23.1 Å². The van der Waals surface area contributed by atoms with Crippen LogP contribution in [0.15, 0.2) is 18.2 Å². The van der Waals surface area contributed by atoms with Crippen LogP contribution in [0.25, 0.3) is 0 Å². The van der Waals surface area contributed by atoms with Crippen molar-refractivity contribution >= 4 is 47.4 Å². The molecule has 2 N–H and O–H groups in total. The molecule has 2 aliphatic rings. The van der Waals surface area contributed by atoms with Crippen LogP contribution >= 0.6 is 35.6 Å². The maximum atomic E-state index is 12.8. The lowest BCUT2D eigenvalue weighted by Crippen LogP contribution is -2.49. The van der Waals surface area contributed by atoms with Gasteiger partial charge in [-0.2, -0.15) is 0 Å². The van der Waals surface area contributed by atoms with Gasteiger partial charge >= 0.3 is 0 Å². The third-order valence-corrected chi connectivity index (χ3v) is 6.22. The third-order valence-electron chi connectivity index (χ3n) is 5.48. The molecule has 2 heterocycles. The Hall–Kier alpha value is -1.01. The van der Waals surface area contributed by atoms with Crippen LogP contribution in [0.4, 0.5) is 0 Å². The summed E-state index contributed by atoms with van der Waals surface area (Å²) >= 11 is 12.0. The van der Waals surface area contributed by atoms with Crippen molar-refractivity contribution in [2.45, 2.75) is 38.6 Å². The smallest absolute Gasteiger partial charge is 0.254 e. The molecule has 1 unspecified atom stereocenters. The van der Waals surface area contributed by atoms with Crippen molar-refractivity contribution in [1.82, 2.24) is 15.5 Å². The average molecular weight is 435 g/mol. The molecule has 2 saturated heterocycles. The molecular formula is C19H26Cl3N3O2. The minimum Gasteiger partial charge on any atom is -0.354 e. The third kappa shape index (κ3) is 5.29. The highest BCUT2D eigenvalue weighted by molar-refractivity contribution is 6.42. The fraction of sp³-hybridized carbons (Fsp3) is 0.579. The highest BCUT2D eigenvalue weighted by Crippen LogP contribution is 2.28. The van der Waals surface area contributed by atoms with Gasteiger partial charge in [0.15, 0.2) is 0 Å². The summed E-state index contributed by atoms with van der Waals surface area (Å²) < 4.78 is 0. The molecule has 1 aromatic carbocycles. The van der Waals surface area contributed by atoms with Gasteiger partial charge in [-0.05, 0) is 62.4 Å². The molecule has 2 aliphatic heterocycles. The summed E-state index contributed by atoms with van der Waals surface area (Å²) in [7, 11) is 0. The summed E-state index contributed by atoms with van der Waals surface area (Å²) in [6.07, 6.45) is 3.61. The molecule has 27 heavy (non-hydrogen) atoms. The van der Waals surface area contributed by atoms with Crippen LogP contribution in [0.2, 0.25) is 10.0 Å². The van der Waals surface area contributed by atoms with Gasteiger partial charge in [-0.15, -0.1) is 12.4 Å². The molecule has 0 spiro atoms. The van der Waals surface area contributed by atoms with Crippen LogP contribution in [-0.2, 0) is 4.79 Å². The fourth-order valence-electron chi connectivity index (χ4n) is 3.70. The Bertz CT molecular complexity index is 693. The van der Waals surface area contributed by atoms with E-state index in [0.29, 0.717) is 35.1 Å². The number of amides is 2. The number of rotatable bonds is 4. The van der Waals surface area contributed by atoms with Crippen LogP contribution < -0.4 is 10.6 Å². The van der Waals surface area contributed by atoms with Crippen LogP contribution in [0.3, 0.4) is 0 Å². The minimum absolute atomic E-state index is 0. The van der Waals surface area contributed by atoms with E-state index in [0.717, 1.165) is 32.4 Å². The minimum atomic E-state index is -0.415. The van der Waals surface area contributed by atoms with Gasteiger partial charge in [-0.25, -0.2) is 0 Å². The van der Waals surface area contributed by atoms with E-state index >= 15 is 0 Å². The van der Waals surface area contributed by atoms with Crippen molar-refractivity contribution in [3.63, 3.8) is 0 Å². The quantitative estimate of drug-likeness (QED) is 0.762. The molecule has 0 bridgehead atoms. The summed E-state index contributed by atoms with van der Waals surface area (Å²) in [5.74, 6) is -0.232. The summed E-state index contributed by atoms with van der Waals surface area (Å²) in [5, 5.41) is 7.18. The first kappa shape index (κ1) is 22.3. The lowest BCUT2D eigenvalue weighted by molar-refractivity contribution is -0.125. The van der Waals surface area contributed by atoms with E-state index < -0.39 is 6.04 Å². The zero-order chi connectivity index (χ0) is 18.7. The van der Waals surface area contributed by atoms with Crippen molar-refractivity contribution in [3.8, 4) is 0 Å². The van der Waals surface area contributed by atoms with E-state index in [1.807, 2.05) is 0 Å². The Kier molecular flexibility index (Phi) is 7.81. The number of likely N-dealkylation sites (tertiary alicyclic amines) is 1. The van der Waals surface area contributed by atoms with Crippen molar-refractivity contribution in [2.24, 2.45) is 5.41 Å². The predicted molar refractivity (Wildman–Crippen MR) is 111 cm³/mol. The first-order valence-corrected chi connectivity index (χ1v) is 9.90. The molecule has 1 aromatic rings. The predicted octanol–water partition coefficient (Wildman–Crippen LogP) is 3.53. The zero-order valence-electron chi connectivity index (χ0n) is 15.4. The number of halogens is 3. The summed E-state index contributed by atoms with van der Waals surface area (Å²) in [5.41, 5.74) is 0.585. The Labute approximate surface area is 176 Å². The Balaban J connectivity index is 0.00000261. The molecule has 8 heteroatoms. The first-order valence-electron chi connectivity index (χ1n) is 9.14. The molecule has 0 aromatic heterocycles. The number of hydrogen-bond donors (Lipinski definition) is 2. The van der Waals surface area contributed by atoms with E-state index in [2.05, 4.69) is 17.6 Å². The van der Waals surface area contributed by atoms with Gasteiger partial charge in [0.25, 0.3) is 5.91 Å². The average Bonchev–Trinajstić information content (AvgIpc) is 3.12. The summed E-state index contributed by atoms with van der Waals surface area (Å²) in [6, 6.07) is 4.41. The van der Waals surface area contributed by atoms with Crippen LogP contribution in [0.5, 0.6) is 0 Å². The maximum Gasteiger partial charge on any atom is 0.254 e. The van der Waals surface area contributed by atoms with Crippen molar-refractivity contribution < 1.29 is 9.59 Å². The van der Waals surface area contributed by atoms with Crippen LogP contribution in [0.1, 0.15) is 43.0 Å². The number of hydrogen-bond acceptors (Lipinski definition) is 3. The molecule has 1 atom stereocenters. The number of piperidine rings is 1. The fourth-order valence-corrected chi connectivity index (χ4v) is 4.00. The molecule has 0 aliphatic carbocycles. The van der Waals surface area contributed by atoms with E-state index in [4.69, 9.17) is 23.2 Å². The van der Waals surface area contributed by atoms with Crippen LogP contribution in [0, 0.1) is 5.41 Å². The van der Waals surface area contributed by atoms with Gasteiger partial charge in [-0.3, -0.25) is 9.59 Å². The monoisotopic (exact) mass is 433 g/mol. The molecule has 5 nitrogen and oxygen atoms in total. The standard InChI is InChI=1S/C19H25Cl2N3O2.ClH/c1-19(6-8-22-9-7-19)12-23-17(25)16-3-2-10-24(16)18(26)13-4-5-14(20)15(21)11-13;/h4-5,11,16,22H,2-3,6-10,12H2,1H3,(H,23,25);1H. The lowest BCUT2D eigenvalue weighted by Gasteiger charge is -2.35. The first-order chi connectivity index (χ1) is 12.4. The number of carbonyl (C=O) groups is 2. The second-order valence-electron chi connectivity index (χ2n) is 7.56. The molecule has 2 fully saturated rings. The van der Waals surface area contributed by atoms with Gasteiger partial charge in [0.1, 0.15) is 6.04 Å². The summed E-state index contributed by atoms with van der Waals surface area (Å²) in [6.45, 7) is 5.41. The molecule has 2 amide bonds. The van der Waals surface area contributed by atoms with Crippen LogP contribution in [-0.4, -0.2) is 48.9 Å². The lowest BCUT2D eigenvalue weighted by atomic mass is 9.81. The molecule has 0 saturated carbocycles. The van der Waals surface area contributed by atoms with Crippen molar-refractivity contribution in [2.75, 3.05) is 26.2 Å². The van der Waals surface area contributed by atoms with E-state index in [9.17, 15) is 9.59 Å². The molecular weight excluding hydrogens is 409 g/mol. The highest BCUT2D eigenvalue weighted by Gasteiger charge is 2.36. The van der Waals surface area contributed by atoms with Gasteiger partial charge in [0.2, 0.25) is 5.91 Å². The Morgan fingerprint density at radius 3 is 2.63 bits per heavy atom. The SMILES string of the molecule is CC1(CNC(=O)C2CCCN2C(=O)c2ccc(Cl)c(Cl)c2)CCNCC1.Cl. The largest absolute Gasteiger partial charge is 0.354 e. The second kappa shape index (κ2) is 9.46. The van der Waals surface area contributed by atoms with Gasteiger partial charge in [-0.1, -0.05) is 30.1 Å². The number of nitrogens with one attached hydrogen (secondary N) is 2. The Morgan fingerprint density at radius 1 is 1.26 bits per heavy atom. The normalized spacial score (nSPS) is 21.4. The number of nitrogens with zero attached hydrogens (tertiary/aromatic N) is 1. The zero-order valence-corrected chi connectivity index (χ0v) is 17.7. The number of carbonyl (C=O) groups excluding carboxylic acids is 2. The van der Waals surface area contributed by atoms with Crippen molar-refractivity contribution in [1.29, 1.82) is 0 Å². The van der Waals surface area contributed by atoms with Gasteiger partial charge in [0, 0.05) is 18.7 Å². The molecule has 150 valence electrons. The van der Waals surface area contributed by atoms with Crippen molar-refractivity contribution in [3.05, 3.63) is 33.8 Å². The van der Waals surface area contributed by atoms with Gasteiger partial charge < -0.3 is 15.5 Å². The van der Waals surface area contributed by atoms with E-state index in [1.165, 1.54) is 0 Å². The second-order valence-corrected chi connectivity index (χ2v) is 8.38.